The normalized spacial score (nSPS) is 10.1. The first-order valence-corrected chi connectivity index (χ1v) is 8.53. The van der Waals surface area contributed by atoms with Crippen LogP contribution in [0.3, 0.4) is 0 Å². The van der Waals surface area contributed by atoms with Gasteiger partial charge in [0.05, 0.1) is 5.56 Å². The maximum atomic E-state index is 8.89. The van der Waals surface area contributed by atoms with E-state index in [-0.39, 0.29) is 0 Å². The lowest BCUT2D eigenvalue weighted by molar-refractivity contribution is 1.47. The molecule has 0 aliphatic heterocycles. The smallest absolute Gasteiger partial charge is 0.129 e. The minimum atomic E-state index is -1.41. The van der Waals surface area contributed by atoms with Gasteiger partial charge in [-0.1, -0.05) is 37.2 Å². The summed E-state index contributed by atoms with van der Waals surface area (Å²) in [5, 5.41) is 9.51. The van der Waals surface area contributed by atoms with E-state index in [1.165, 1.54) is 0 Å². The van der Waals surface area contributed by atoms with Crippen LogP contribution >= 0.6 is 11.6 Å². The third kappa shape index (κ3) is 3.79. The Balaban J connectivity index is 3.19. The van der Waals surface area contributed by atoms with E-state index in [4.69, 9.17) is 16.9 Å². The molecule has 0 saturated heterocycles. The topological polar surface area (TPSA) is 23.8 Å². The van der Waals surface area contributed by atoms with Crippen molar-refractivity contribution in [1.29, 1.82) is 5.26 Å². The summed E-state index contributed by atoms with van der Waals surface area (Å²) in [5.41, 5.74) is 4.54. The highest BCUT2D eigenvalue weighted by atomic mass is 35.5. The summed E-state index contributed by atoms with van der Waals surface area (Å²) in [4.78, 5) is 0. The first-order chi connectivity index (χ1) is 6.92. The molecule has 0 atom stereocenters. The van der Waals surface area contributed by atoms with Gasteiger partial charge in [0.1, 0.15) is 14.1 Å². The van der Waals surface area contributed by atoms with Crippen LogP contribution in [0.1, 0.15) is 11.1 Å². The Hall–Kier alpha value is -1.22. The predicted octanol–water partition coefficient (Wildman–Crippen LogP) is 3.44. The molecule has 0 radical (unpaired) electrons. The van der Waals surface area contributed by atoms with E-state index in [1.807, 2.05) is 0 Å². The van der Waals surface area contributed by atoms with Crippen LogP contribution in [0.4, 0.5) is 0 Å². The molecule has 0 aliphatic rings. The third-order valence-electron chi connectivity index (χ3n) is 1.67. The molecule has 1 aromatic rings. The van der Waals surface area contributed by atoms with Crippen molar-refractivity contribution in [2.75, 3.05) is 0 Å². The second-order valence-electron chi connectivity index (χ2n) is 4.30. The van der Waals surface area contributed by atoms with Gasteiger partial charge in [0.2, 0.25) is 0 Å². The summed E-state index contributed by atoms with van der Waals surface area (Å²) in [5.74, 6) is 3.05. The summed E-state index contributed by atoms with van der Waals surface area (Å²) >= 11 is 5.86. The molecule has 0 spiro atoms. The minimum absolute atomic E-state index is 0.588. The zero-order chi connectivity index (χ0) is 11.5. The monoisotopic (exact) mass is 233 g/mol. The molecule has 0 N–H and O–H groups in total. The summed E-state index contributed by atoms with van der Waals surface area (Å²) in [6.45, 7) is 6.49. The molecule has 1 aromatic carbocycles. The quantitative estimate of drug-likeness (QED) is 0.498. The highest BCUT2D eigenvalue weighted by molar-refractivity contribution is 6.83. The average Bonchev–Trinajstić information content (AvgIpc) is 2.14. The van der Waals surface area contributed by atoms with Crippen molar-refractivity contribution >= 4 is 19.7 Å². The lowest BCUT2D eigenvalue weighted by atomic mass is 10.1. The van der Waals surface area contributed by atoms with Crippen molar-refractivity contribution in [3.05, 3.63) is 34.3 Å². The number of halogens is 1. The molecule has 1 rings (SSSR count). The van der Waals surface area contributed by atoms with Crippen molar-refractivity contribution < 1.29 is 0 Å². The first kappa shape index (κ1) is 11.8. The van der Waals surface area contributed by atoms with Gasteiger partial charge in [-0.15, -0.1) is 5.54 Å². The Morgan fingerprint density at radius 2 is 1.87 bits per heavy atom. The van der Waals surface area contributed by atoms with Gasteiger partial charge < -0.3 is 0 Å². The zero-order valence-electron chi connectivity index (χ0n) is 9.06. The molecule has 1 nitrogen and oxygen atoms in total. The molecular weight excluding hydrogens is 222 g/mol. The van der Waals surface area contributed by atoms with Crippen LogP contribution in [0.5, 0.6) is 0 Å². The lowest BCUT2D eigenvalue weighted by Crippen LogP contribution is -2.16. The fraction of sp³-hybridized carbons (Fsp3) is 0.250. The van der Waals surface area contributed by atoms with Crippen LogP contribution in [-0.2, 0) is 0 Å². The SMILES string of the molecule is C[Si](C)(C)C#Cc1cc(Cl)ccc1C#N. The molecule has 0 unspecified atom stereocenters. The third-order valence-corrected chi connectivity index (χ3v) is 2.78. The molecule has 0 aromatic heterocycles. The summed E-state index contributed by atoms with van der Waals surface area (Å²) < 4.78 is 0. The molecule has 3 heteroatoms. The summed E-state index contributed by atoms with van der Waals surface area (Å²) in [6.07, 6.45) is 0. The van der Waals surface area contributed by atoms with Gasteiger partial charge in [0.25, 0.3) is 0 Å². The van der Waals surface area contributed by atoms with Gasteiger partial charge in [-0.25, -0.2) is 0 Å². The number of nitriles is 1. The molecule has 0 bridgehead atoms. The highest BCUT2D eigenvalue weighted by Crippen LogP contribution is 2.14. The van der Waals surface area contributed by atoms with Crippen LogP contribution in [-0.4, -0.2) is 8.07 Å². The van der Waals surface area contributed by atoms with Crippen molar-refractivity contribution in [3.8, 4) is 17.5 Å². The number of hydrogen-bond acceptors (Lipinski definition) is 1. The van der Waals surface area contributed by atoms with Crippen molar-refractivity contribution in [2.45, 2.75) is 19.6 Å². The van der Waals surface area contributed by atoms with Gasteiger partial charge in [0, 0.05) is 10.6 Å². The Bertz CT molecular complexity index is 469. The number of hydrogen-bond donors (Lipinski definition) is 0. The van der Waals surface area contributed by atoms with E-state index in [0.717, 1.165) is 5.56 Å². The maximum Gasteiger partial charge on any atom is 0.129 e. The van der Waals surface area contributed by atoms with Gasteiger partial charge in [-0.2, -0.15) is 5.26 Å². The molecular formula is C12H12ClNSi. The highest BCUT2D eigenvalue weighted by Gasteiger charge is 2.08. The van der Waals surface area contributed by atoms with Crippen LogP contribution < -0.4 is 0 Å². The largest absolute Gasteiger partial charge is 0.192 e. The maximum absolute atomic E-state index is 8.89. The molecule has 0 amide bonds. The summed E-state index contributed by atoms with van der Waals surface area (Å²) in [6, 6.07) is 7.27. The number of benzene rings is 1. The average molecular weight is 234 g/mol. The molecule has 15 heavy (non-hydrogen) atoms. The second-order valence-corrected chi connectivity index (χ2v) is 9.49. The fourth-order valence-electron chi connectivity index (χ4n) is 0.972. The van der Waals surface area contributed by atoms with E-state index < -0.39 is 8.07 Å². The molecule has 0 fully saturated rings. The molecule has 0 aliphatic carbocycles. The lowest BCUT2D eigenvalue weighted by Gasteiger charge is -2.03. The predicted molar refractivity (Wildman–Crippen MR) is 66.4 cm³/mol. The van der Waals surface area contributed by atoms with Crippen LogP contribution in [0.15, 0.2) is 18.2 Å². The van der Waals surface area contributed by atoms with Crippen LogP contribution in [0.25, 0.3) is 0 Å². The van der Waals surface area contributed by atoms with Gasteiger partial charge >= 0.3 is 0 Å². The van der Waals surface area contributed by atoms with E-state index in [9.17, 15) is 0 Å². The Morgan fingerprint density at radius 3 is 2.40 bits per heavy atom. The number of nitrogens with zero attached hydrogens (tertiary/aromatic N) is 1. The second kappa shape index (κ2) is 4.53. The van der Waals surface area contributed by atoms with Gasteiger partial charge in [0.15, 0.2) is 0 Å². The summed E-state index contributed by atoms with van der Waals surface area (Å²) in [7, 11) is -1.41. The first-order valence-electron chi connectivity index (χ1n) is 4.65. The van der Waals surface area contributed by atoms with Crippen molar-refractivity contribution in [2.24, 2.45) is 0 Å². The van der Waals surface area contributed by atoms with Crippen molar-refractivity contribution in [1.82, 2.24) is 0 Å². The van der Waals surface area contributed by atoms with Crippen LogP contribution in [0.2, 0.25) is 24.7 Å². The standard InChI is InChI=1S/C12H12ClNSi/c1-15(2,3)7-6-10-8-12(13)5-4-11(10)9-14/h4-5,8H,1-3H3. The van der Waals surface area contributed by atoms with Crippen molar-refractivity contribution in [3.63, 3.8) is 0 Å². The zero-order valence-corrected chi connectivity index (χ0v) is 10.8. The number of rotatable bonds is 0. The van der Waals surface area contributed by atoms with E-state index in [1.54, 1.807) is 18.2 Å². The molecule has 76 valence electrons. The Morgan fingerprint density at radius 1 is 1.20 bits per heavy atom. The molecule has 0 saturated carbocycles. The van der Waals surface area contributed by atoms with E-state index >= 15 is 0 Å². The van der Waals surface area contributed by atoms with Crippen LogP contribution in [0, 0.1) is 22.8 Å². The fourth-order valence-corrected chi connectivity index (χ4v) is 1.65. The molecule has 0 heterocycles. The van der Waals surface area contributed by atoms with Gasteiger partial charge in [-0.3, -0.25) is 0 Å². The van der Waals surface area contributed by atoms with E-state index in [2.05, 4.69) is 37.2 Å². The van der Waals surface area contributed by atoms with E-state index in [0.29, 0.717) is 10.6 Å². The Kier molecular flexibility index (Phi) is 3.58. The Labute approximate surface area is 96.7 Å². The van der Waals surface area contributed by atoms with Gasteiger partial charge in [-0.05, 0) is 18.2 Å². The minimum Gasteiger partial charge on any atom is -0.192 e.